The molecule has 2 rings (SSSR count). The van der Waals surface area contributed by atoms with E-state index in [-0.39, 0.29) is 23.5 Å². The van der Waals surface area contributed by atoms with Gasteiger partial charge in [0.2, 0.25) is 10.0 Å². The van der Waals surface area contributed by atoms with E-state index in [0.717, 1.165) is 11.1 Å². The predicted octanol–water partition coefficient (Wildman–Crippen LogP) is 1.29. The minimum absolute atomic E-state index is 0.0389. The summed E-state index contributed by atoms with van der Waals surface area (Å²) in [5.41, 5.74) is 1.72. The van der Waals surface area contributed by atoms with Gasteiger partial charge in [-0.2, -0.15) is 0 Å². The van der Waals surface area contributed by atoms with Gasteiger partial charge in [0.1, 0.15) is 0 Å². The van der Waals surface area contributed by atoms with Gasteiger partial charge in [-0.3, -0.25) is 4.98 Å². The molecule has 2 aromatic rings. The highest BCUT2D eigenvalue weighted by Gasteiger charge is 2.10. The maximum absolute atomic E-state index is 11.9. The summed E-state index contributed by atoms with van der Waals surface area (Å²) in [5.74, 6) is 0. The Kier molecular flexibility index (Phi) is 5.30. The molecule has 8 heteroatoms. The lowest BCUT2D eigenvalue weighted by Crippen LogP contribution is -2.36. The van der Waals surface area contributed by atoms with Gasteiger partial charge in [-0.15, -0.1) is 0 Å². The largest absolute Gasteiger partial charge is 0.334 e. The van der Waals surface area contributed by atoms with Gasteiger partial charge in [-0.05, 0) is 42.3 Å². The summed E-state index contributed by atoms with van der Waals surface area (Å²) in [4.78, 5) is 15.8. The quantitative estimate of drug-likeness (QED) is 0.764. The highest BCUT2D eigenvalue weighted by molar-refractivity contribution is 7.89. The molecule has 0 saturated carbocycles. The second kappa shape index (κ2) is 7.21. The maximum atomic E-state index is 11.9. The Hall–Kier alpha value is -2.45. The van der Waals surface area contributed by atoms with E-state index in [0.29, 0.717) is 0 Å². The fourth-order valence-electron chi connectivity index (χ4n) is 1.96. The smallest absolute Gasteiger partial charge is 0.315 e. The van der Waals surface area contributed by atoms with Crippen LogP contribution in [0.2, 0.25) is 0 Å². The first-order valence-electron chi connectivity index (χ1n) is 6.92. The van der Waals surface area contributed by atoms with Crippen molar-refractivity contribution in [3.05, 3.63) is 59.9 Å². The van der Waals surface area contributed by atoms with Crippen LogP contribution in [0.25, 0.3) is 0 Å². The summed E-state index contributed by atoms with van der Waals surface area (Å²) in [7, 11) is -3.70. The number of carbonyl (C=O) groups excluding carboxylic acids is 1. The van der Waals surface area contributed by atoms with Gasteiger partial charge in [-0.1, -0.05) is 12.1 Å². The molecule has 1 aromatic carbocycles. The minimum Gasteiger partial charge on any atom is -0.334 e. The van der Waals surface area contributed by atoms with Crippen LogP contribution in [-0.2, 0) is 16.6 Å². The molecule has 122 valence electrons. The maximum Gasteiger partial charge on any atom is 0.315 e. The number of carbonyl (C=O) groups is 1. The number of primary sulfonamides is 1. The molecule has 2 amide bonds. The Morgan fingerprint density at radius 3 is 2.35 bits per heavy atom. The SMILES string of the molecule is CC(NC(=O)NCc1ccc(S(N)(=O)=O)cc1)c1ccncc1. The number of hydrogen-bond acceptors (Lipinski definition) is 4. The van der Waals surface area contributed by atoms with Gasteiger partial charge in [0, 0.05) is 18.9 Å². The topological polar surface area (TPSA) is 114 Å². The molecule has 0 saturated heterocycles. The number of nitrogens with zero attached hydrogens (tertiary/aromatic N) is 1. The van der Waals surface area contributed by atoms with Crippen LogP contribution in [0.1, 0.15) is 24.1 Å². The number of benzene rings is 1. The van der Waals surface area contributed by atoms with Crippen LogP contribution in [0.3, 0.4) is 0 Å². The molecule has 23 heavy (non-hydrogen) atoms. The number of hydrogen-bond donors (Lipinski definition) is 3. The summed E-state index contributed by atoms with van der Waals surface area (Å²) in [5, 5.41) is 10.5. The Morgan fingerprint density at radius 1 is 1.17 bits per heavy atom. The highest BCUT2D eigenvalue weighted by Crippen LogP contribution is 2.10. The summed E-state index contributed by atoms with van der Waals surface area (Å²) in [6.45, 7) is 2.15. The van der Waals surface area contributed by atoms with Gasteiger partial charge in [0.05, 0.1) is 10.9 Å². The van der Waals surface area contributed by atoms with Crippen molar-refractivity contribution in [3.8, 4) is 0 Å². The molecule has 0 fully saturated rings. The molecule has 0 radical (unpaired) electrons. The molecule has 1 aromatic heterocycles. The second-order valence-electron chi connectivity index (χ2n) is 5.02. The van der Waals surface area contributed by atoms with Crippen LogP contribution in [0.4, 0.5) is 4.79 Å². The van der Waals surface area contributed by atoms with E-state index >= 15 is 0 Å². The molecule has 0 spiro atoms. The van der Waals surface area contributed by atoms with Crippen LogP contribution in [0.5, 0.6) is 0 Å². The Bertz CT molecular complexity index is 761. The molecule has 0 aliphatic carbocycles. The van der Waals surface area contributed by atoms with Crippen molar-refractivity contribution in [1.82, 2.24) is 15.6 Å². The molecule has 1 unspecified atom stereocenters. The minimum atomic E-state index is -3.70. The molecule has 0 bridgehead atoms. The molecule has 4 N–H and O–H groups in total. The lowest BCUT2D eigenvalue weighted by atomic mass is 10.1. The fraction of sp³-hybridized carbons (Fsp3) is 0.200. The summed E-state index contributed by atoms with van der Waals surface area (Å²) >= 11 is 0. The number of aromatic nitrogens is 1. The summed E-state index contributed by atoms with van der Waals surface area (Å²) < 4.78 is 22.3. The van der Waals surface area contributed by atoms with Crippen molar-refractivity contribution in [2.45, 2.75) is 24.4 Å². The molecular formula is C15H18N4O3S. The van der Waals surface area contributed by atoms with Crippen LogP contribution < -0.4 is 15.8 Å². The standard InChI is InChI=1S/C15H18N4O3S/c1-11(13-6-8-17-9-7-13)19-15(20)18-10-12-2-4-14(5-3-12)23(16,21)22/h2-9,11H,10H2,1H3,(H2,16,21,22)(H2,18,19,20). The van der Waals surface area contributed by atoms with Gasteiger partial charge in [-0.25, -0.2) is 18.4 Å². The number of amides is 2. The van der Waals surface area contributed by atoms with Crippen molar-refractivity contribution in [3.63, 3.8) is 0 Å². The van der Waals surface area contributed by atoms with E-state index in [9.17, 15) is 13.2 Å². The van der Waals surface area contributed by atoms with Crippen LogP contribution >= 0.6 is 0 Å². The van der Waals surface area contributed by atoms with E-state index in [4.69, 9.17) is 5.14 Å². The fourth-order valence-corrected chi connectivity index (χ4v) is 2.48. The Morgan fingerprint density at radius 2 is 1.78 bits per heavy atom. The first-order chi connectivity index (χ1) is 10.9. The van der Waals surface area contributed by atoms with Crippen molar-refractivity contribution < 1.29 is 13.2 Å². The van der Waals surface area contributed by atoms with Gasteiger partial charge >= 0.3 is 6.03 Å². The zero-order valence-corrected chi connectivity index (χ0v) is 13.4. The predicted molar refractivity (Wildman–Crippen MR) is 85.8 cm³/mol. The molecule has 0 aliphatic rings. The molecule has 1 atom stereocenters. The number of urea groups is 1. The van der Waals surface area contributed by atoms with Crippen LogP contribution in [0, 0.1) is 0 Å². The third kappa shape index (κ3) is 5.04. The third-order valence-electron chi connectivity index (χ3n) is 3.26. The summed E-state index contributed by atoms with van der Waals surface area (Å²) in [6.07, 6.45) is 3.33. The first-order valence-corrected chi connectivity index (χ1v) is 8.47. The number of nitrogens with one attached hydrogen (secondary N) is 2. The van der Waals surface area contributed by atoms with Gasteiger partial charge in [0.25, 0.3) is 0 Å². The Labute approximate surface area is 135 Å². The van der Waals surface area contributed by atoms with E-state index in [1.807, 2.05) is 19.1 Å². The molecule has 0 aliphatic heterocycles. The first kappa shape index (κ1) is 16.9. The van der Waals surface area contributed by atoms with Crippen LogP contribution in [0.15, 0.2) is 53.7 Å². The lowest BCUT2D eigenvalue weighted by Gasteiger charge is -2.15. The number of sulfonamides is 1. The van der Waals surface area contributed by atoms with E-state index in [1.54, 1.807) is 24.5 Å². The highest BCUT2D eigenvalue weighted by atomic mass is 32.2. The molecule has 7 nitrogen and oxygen atoms in total. The normalized spacial score (nSPS) is 12.4. The average Bonchev–Trinajstić information content (AvgIpc) is 2.53. The monoisotopic (exact) mass is 334 g/mol. The van der Waals surface area contributed by atoms with E-state index in [1.165, 1.54) is 12.1 Å². The van der Waals surface area contributed by atoms with E-state index < -0.39 is 10.0 Å². The Balaban J connectivity index is 1.87. The lowest BCUT2D eigenvalue weighted by molar-refractivity contribution is 0.237. The number of rotatable bonds is 5. The zero-order valence-electron chi connectivity index (χ0n) is 12.6. The van der Waals surface area contributed by atoms with Crippen molar-refractivity contribution in [2.75, 3.05) is 0 Å². The van der Waals surface area contributed by atoms with Crippen LogP contribution in [-0.4, -0.2) is 19.4 Å². The van der Waals surface area contributed by atoms with Gasteiger partial charge in [0.15, 0.2) is 0 Å². The van der Waals surface area contributed by atoms with Gasteiger partial charge < -0.3 is 10.6 Å². The third-order valence-corrected chi connectivity index (χ3v) is 4.19. The average molecular weight is 334 g/mol. The zero-order chi connectivity index (χ0) is 16.9. The second-order valence-corrected chi connectivity index (χ2v) is 6.58. The number of pyridine rings is 1. The van der Waals surface area contributed by atoms with Crippen molar-refractivity contribution >= 4 is 16.1 Å². The van der Waals surface area contributed by atoms with Crippen molar-refractivity contribution in [2.24, 2.45) is 5.14 Å². The molecule has 1 heterocycles. The van der Waals surface area contributed by atoms with Crippen molar-refractivity contribution in [1.29, 1.82) is 0 Å². The number of nitrogens with two attached hydrogens (primary N) is 1. The summed E-state index contributed by atoms with van der Waals surface area (Å²) in [6, 6.07) is 9.22. The molecular weight excluding hydrogens is 316 g/mol. The van der Waals surface area contributed by atoms with E-state index in [2.05, 4.69) is 15.6 Å².